The molecule has 1 amide bonds. The van der Waals surface area contributed by atoms with E-state index in [-0.39, 0.29) is 11.8 Å². The monoisotopic (exact) mass is 387 g/mol. The van der Waals surface area contributed by atoms with Gasteiger partial charge in [-0.05, 0) is 29.8 Å². The molecular weight excluding hydrogens is 370 g/mol. The largest absolute Gasteiger partial charge is 0.488 e. The van der Waals surface area contributed by atoms with E-state index in [2.05, 4.69) is 15.5 Å². The van der Waals surface area contributed by atoms with Gasteiger partial charge in [0, 0.05) is 10.9 Å². The molecule has 1 heterocycles. The molecule has 0 saturated carbocycles. The zero-order chi connectivity index (χ0) is 18.5. The molecular formula is C19H18ClN3O2S. The number of ether oxygens (including phenoxy) is 1. The third kappa shape index (κ3) is 4.59. The lowest BCUT2D eigenvalue weighted by Gasteiger charge is -2.11. The van der Waals surface area contributed by atoms with Crippen molar-refractivity contribution in [2.45, 2.75) is 26.4 Å². The number of anilines is 1. The van der Waals surface area contributed by atoms with Crippen LogP contribution in [0.4, 0.5) is 5.13 Å². The summed E-state index contributed by atoms with van der Waals surface area (Å²) in [5, 5.41) is 12.9. The SMILES string of the molecule is CC(C)c1nnc(NC(=O)c2ccccc2OCc2ccc(Cl)cc2)s1. The number of hydrogen-bond acceptors (Lipinski definition) is 5. The lowest BCUT2D eigenvalue weighted by atomic mass is 10.2. The predicted octanol–water partition coefficient (Wildman–Crippen LogP) is 5.15. The third-order valence-electron chi connectivity index (χ3n) is 3.59. The van der Waals surface area contributed by atoms with Gasteiger partial charge in [-0.3, -0.25) is 10.1 Å². The van der Waals surface area contributed by atoms with E-state index in [0.29, 0.717) is 28.1 Å². The summed E-state index contributed by atoms with van der Waals surface area (Å²) in [6.07, 6.45) is 0. The Morgan fingerprint density at radius 1 is 1.15 bits per heavy atom. The fourth-order valence-electron chi connectivity index (χ4n) is 2.20. The summed E-state index contributed by atoms with van der Waals surface area (Å²) in [4.78, 5) is 12.6. The van der Waals surface area contributed by atoms with Crippen LogP contribution in [0.5, 0.6) is 5.75 Å². The molecule has 0 spiro atoms. The first-order valence-corrected chi connectivity index (χ1v) is 9.33. The molecule has 0 aliphatic rings. The second kappa shape index (κ2) is 8.29. The van der Waals surface area contributed by atoms with Gasteiger partial charge in [-0.15, -0.1) is 10.2 Å². The number of halogens is 1. The number of carbonyl (C=O) groups is 1. The Balaban J connectivity index is 1.71. The molecule has 0 fully saturated rings. The summed E-state index contributed by atoms with van der Waals surface area (Å²) in [5.74, 6) is 0.504. The molecule has 0 atom stereocenters. The minimum absolute atomic E-state index is 0.271. The van der Waals surface area contributed by atoms with Gasteiger partial charge in [-0.2, -0.15) is 0 Å². The van der Waals surface area contributed by atoms with E-state index in [1.807, 2.05) is 32.0 Å². The molecule has 0 radical (unpaired) electrons. The molecule has 134 valence electrons. The summed E-state index contributed by atoms with van der Waals surface area (Å²) >= 11 is 7.26. The van der Waals surface area contributed by atoms with E-state index in [0.717, 1.165) is 10.6 Å². The molecule has 5 nitrogen and oxygen atoms in total. The zero-order valence-electron chi connectivity index (χ0n) is 14.4. The number of nitrogens with one attached hydrogen (secondary N) is 1. The van der Waals surface area contributed by atoms with Crippen LogP contribution in [0.25, 0.3) is 0 Å². The van der Waals surface area contributed by atoms with Crippen LogP contribution in [0.3, 0.4) is 0 Å². The van der Waals surface area contributed by atoms with Crippen molar-refractivity contribution in [3.63, 3.8) is 0 Å². The van der Waals surface area contributed by atoms with Crippen molar-refractivity contribution in [1.82, 2.24) is 10.2 Å². The lowest BCUT2D eigenvalue weighted by molar-refractivity contribution is 0.102. The van der Waals surface area contributed by atoms with Crippen molar-refractivity contribution < 1.29 is 9.53 Å². The Morgan fingerprint density at radius 3 is 2.58 bits per heavy atom. The van der Waals surface area contributed by atoms with Gasteiger partial charge < -0.3 is 4.74 Å². The Labute approximate surface area is 161 Å². The topological polar surface area (TPSA) is 64.1 Å². The van der Waals surface area contributed by atoms with Gasteiger partial charge >= 0.3 is 0 Å². The molecule has 3 rings (SSSR count). The highest BCUT2D eigenvalue weighted by Gasteiger charge is 2.15. The molecule has 7 heteroatoms. The summed E-state index contributed by atoms with van der Waals surface area (Å²) in [6, 6.07) is 14.5. The number of amides is 1. The highest BCUT2D eigenvalue weighted by Crippen LogP contribution is 2.25. The number of carbonyl (C=O) groups excluding carboxylic acids is 1. The van der Waals surface area contributed by atoms with Gasteiger partial charge in [-0.1, -0.05) is 61.1 Å². The molecule has 1 aromatic heterocycles. The summed E-state index contributed by atoms with van der Waals surface area (Å²) in [5.41, 5.74) is 1.41. The van der Waals surface area contributed by atoms with E-state index in [1.165, 1.54) is 11.3 Å². The highest BCUT2D eigenvalue weighted by molar-refractivity contribution is 7.15. The van der Waals surface area contributed by atoms with Gasteiger partial charge in [0.1, 0.15) is 17.4 Å². The molecule has 0 bridgehead atoms. The summed E-state index contributed by atoms with van der Waals surface area (Å²) in [6.45, 7) is 4.41. The second-order valence-corrected chi connectivity index (χ2v) is 7.41. The summed E-state index contributed by atoms with van der Waals surface area (Å²) < 4.78 is 5.83. The van der Waals surface area contributed by atoms with E-state index >= 15 is 0 Å². The van der Waals surface area contributed by atoms with Crippen LogP contribution < -0.4 is 10.1 Å². The molecule has 0 saturated heterocycles. The number of aromatic nitrogens is 2. The quantitative estimate of drug-likeness (QED) is 0.635. The molecule has 1 N–H and O–H groups in total. The number of rotatable bonds is 6. The van der Waals surface area contributed by atoms with Crippen LogP contribution in [0.2, 0.25) is 5.02 Å². The van der Waals surface area contributed by atoms with Crippen LogP contribution in [-0.4, -0.2) is 16.1 Å². The minimum atomic E-state index is -0.275. The fraction of sp³-hybridized carbons (Fsp3) is 0.211. The van der Waals surface area contributed by atoms with Crippen molar-refractivity contribution in [2.75, 3.05) is 5.32 Å². The minimum Gasteiger partial charge on any atom is -0.488 e. The Kier molecular flexibility index (Phi) is 5.85. The van der Waals surface area contributed by atoms with E-state index in [1.54, 1.807) is 30.3 Å². The van der Waals surface area contributed by atoms with Crippen LogP contribution in [0.15, 0.2) is 48.5 Å². The average molecular weight is 388 g/mol. The fourth-order valence-corrected chi connectivity index (χ4v) is 3.07. The maximum atomic E-state index is 12.6. The van der Waals surface area contributed by atoms with Gasteiger partial charge in [0.2, 0.25) is 5.13 Å². The van der Waals surface area contributed by atoms with E-state index < -0.39 is 0 Å². The summed E-state index contributed by atoms with van der Waals surface area (Å²) in [7, 11) is 0. The highest BCUT2D eigenvalue weighted by atomic mass is 35.5. The number of hydrogen-bond donors (Lipinski definition) is 1. The normalized spacial score (nSPS) is 10.8. The Morgan fingerprint density at radius 2 is 1.88 bits per heavy atom. The molecule has 0 aliphatic heterocycles. The van der Waals surface area contributed by atoms with E-state index in [4.69, 9.17) is 16.3 Å². The maximum Gasteiger partial charge on any atom is 0.261 e. The Bertz CT molecular complexity index is 894. The van der Waals surface area contributed by atoms with Gasteiger partial charge in [0.05, 0.1) is 5.56 Å². The lowest BCUT2D eigenvalue weighted by Crippen LogP contribution is -2.13. The standard InChI is InChI=1S/C19H18ClN3O2S/c1-12(2)18-22-23-19(26-18)21-17(24)15-5-3-4-6-16(15)25-11-13-7-9-14(20)10-8-13/h3-10,12H,11H2,1-2H3,(H,21,23,24). The third-order valence-corrected chi connectivity index (χ3v) is 4.99. The first-order valence-electron chi connectivity index (χ1n) is 8.14. The van der Waals surface area contributed by atoms with Gasteiger partial charge in [0.15, 0.2) is 0 Å². The Hall–Kier alpha value is -2.44. The van der Waals surface area contributed by atoms with Crippen molar-refractivity contribution >= 4 is 34.0 Å². The van der Waals surface area contributed by atoms with Crippen molar-refractivity contribution in [3.05, 3.63) is 69.7 Å². The van der Waals surface area contributed by atoms with Crippen molar-refractivity contribution in [3.8, 4) is 5.75 Å². The van der Waals surface area contributed by atoms with Crippen LogP contribution in [0, 0.1) is 0 Å². The first kappa shape index (κ1) is 18.4. The first-order chi connectivity index (χ1) is 12.5. The average Bonchev–Trinajstić information content (AvgIpc) is 3.10. The van der Waals surface area contributed by atoms with Crippen molar-refractivity contribution in [1.29, 1.82) is 0 Å². The van der Waals surface area contributed by atoms with Crippen molar-refractivity contribution in [2.24, 2.45) is 0 Å². The maximum absolute atomic E-state index is 12.6. The number of nitrogens with zero attached hydrogens (tertiary/aromatic N) is 2. The molecule has 2 aromatic carbocycles. The zero-order valence-corrected chi connectivity index (χ0v) is 16.0. The molecule has 0 aliphatic carbocycles. The van der Waals surface area contributed by atoms with E-state index in [9.17, 15) is 4.79 Å². The predicted molar refractivity (Wildman–Crippen MR) is 104 cm³/mol. The smallest absolute Gasteiger partial charge is 0.261 e. The molecule has 26 heavy (non-hydrogen) atoms. The van der Waals surface area contributed by atoms with Crippen LogP contribution in [-0.2, 0) is 6.61 Å². The van der Waals surface area contributed by atoms with Gasteiger partial charge in [-0.25, -0.2) is 0 Å². The second-order valence-electron chi connectivity index (χ2n) is 5.97. The van der Waals surface area contributed by atoms with Crippen LogP contribution in [0.1, 0.15) is 40.7 Å². The molecule has 3 aromatic rings. The number of para-hydroxylation sites is 1. The van der Waals surface area contributed by atoms with Crippen LogP contribution >= 0.6 is 22.9 Å². The molecule has 0 unspecified atom stereocenters. The van der Waals surface area contributed by atoms with Gasteiger partial charge in [0.25, 0.3) is 5.91 Å². The number of benzene rings is 2.